The van der Waals surface area contributed by atoms with Crippen LogP contribution in [0, 0.1) is 0 Å². The number of anilines is 1. The van der Waals surface area contributed by atoms with Gasteiger partial charge in [0, 0.05) is 10.7 Å². The van der Waals surface area contributed by atoms with Crippen molar-refractivity contribution in [2.75, 3.05) is 11.3 Å². The Hall–Kier alpha value is -3.37. The van der Waals surface area contributed by atoms with Crippen molar-refractivity contribution in [1.82, 2.24) is 10.2 Å². The highest BCUT2D eigenvalue weighted by molar-refractivity contribution is 7.87. The lowest BCUT2D eigenvalue weighted by atomic mass is 9.99. The van der Waals surface area contributed by atoms with E-state index in [2.05, 4.69) is 16.6 Å². The predicted octanol–water partition coefficient (Wildman–Crippen LogP) is 2.18. The Kier molecular flexibility index (Phi) is 7.72. The number of carboxylic acid groups (broad SMARTS) is 1. The third kappa shape index (κ3) is 5.71. The quantitative estimate of drug-likeness (QED) is 0.345. The fourth-order valence-corrected chi connectivity index (χ4v) is 4.74. The van der Waals surface area contributed by atoms with E-state index in [9.17, 15) is 23.7 Å². The van der Waals surface area contributed by atoms with Gasteiger partial charge in [-0.1, -0.05) is 36.4 Å². The monoisotopic (exact) mass is 491 g/mol. The minimum atomic E-state index is -1.97. The molecule has 1 saturated heterocycles. The molecule has 33 heavy (non-hydrogen) atoms. The lowest BCUT2D eigenvalue weighted by Gasteiger charge is -2.48. The third-order valence-corrected chi connectivity index (χ3v) is 6.40. The molecule has 4 unspecified atom stereocenters. The maximum Gasteiger partial charge on any atom is 0.330 e. The van der Waals surface area contributed by atoms with Crippen LogP contribution < -0.4 is 14.8 Å². The van der Waals surface area contributed by atoms with Crippen LogP contribution >= 0.6 is 11.6 Å². The van der Waals surface area contributed by atoms with Crippen molar-refractivity contribution in [1.29, 1.82) is 0 Å². The van der Waals surface area contributed by atoms with E-state index in [0.29, 0.717) is 16.5 Å². The molecule has 3 rings (SSSR count). The Labute approximate surface area is 198 Å². The molecule has 0 spiro atoms. The van der Waals surface area contributed by atoms with E-state index in [4.69, 9.17) is 16.3 Å². The van der Waals surface area contributed by atoms with E-state index in [1.807, 2.05) is 0 Å². The zero-order chi connectivity index (χ0) is 24.1. The summed E-state index contributed by atoms with van der Waals surface area (Å²) in [6, 6.07) is 12.3. The summed E-state index contributed by atoms with van der Waals surface area (Å²) in [7, 11) is -1.97. The van der Waals surface area contributed by atoms with Crippen LogP contribution in [-0.2, 0) is 25.4 Å². The lowest BCUT2D eigenvalue weighted by molar-refractivity contribution is -0.160. The minimum absolute atomic E-state index is 0.182. The molecular formula is C22H22ClN3O6S. The summed E-state index contributed by atoms with van der Waals surface area (Å²) in [5.74, 6) is -2.16. The average molecular weight is 492 g/mol. The van der Waals surface area contributed by atoms with Crippen molar-refractivity contribution in [3.05, 3.63) is 71.8 Å². The first kappa shape index (κ1) is 24.3. The number of para-hydroxylation sites is 1. The number of rotatable bonds is 10. The molecule has 9 nitrogen and oxygen atoms in total. The number of amides is 2. The van der Waals surface area contributed by atoms with Crippen LogP contribution in [0.2, 0.25) is 5.02 Å². The molecule has 1 fully saturated rings. The van der Waals surface area contributed by atoms with Crippen LogP contribution in [0.1, 0.15) is 6.92 Å². The summed E-state index contributed by atoms with van der Waals surface area (Å²) < 4.78 is 21.2. The van der Waals surface area contributed by atoms with Crippen LogP contribution in [0.5, 0.6) is 5.75 Å². The molecule has 2 amide bonds. The molecule has 4 atom stereocenters. The number of carbonyl (C=O) groups excluding carboxylic acids is 2. The molecule has 0 saturated carbocycles. The van der Waals surface area contributed by atoms with Gasteiger partial charge in [0.1, 0.15) is 22.8 Å². The highest BCUT2D eigenvalue weighted by Crippen LogP contribution is 2.30. The van der Waals surface area contributed by atoms with Crippen molar-refractivity contribution >= 4 is 46.1 Å². The molecule has 0 bridgehead atoms. The molecule has 1 aliphatic rings. The largest absolute Gasteiger partial charge is 0.484 e. The van der Waals surface area contributed by atoms with Gasteiger partial charge in [-0.3, -0.25) is 9.59 Å². The predicted molar refractivity (Wildman–Crippen MR) is 124 cm³/mol. The van der Waals surface area contributed by atoms with E-state index in [-0.39, 0.29) is 12.2 Å². The van der Waals surface area contributed by atoms with Gasteiger partial charge in [-0.25, -0.2) is 9.00 Å². The van der Waals surface area contributed by atoms with Crippen LogP contribution in [0.4, 0.5) is 5.69 Å². The number of nitrogens with one attached hydrogen (secondary N) is 2. The number of nitrogens with zero attached hydrogens (tertiary/aromatic N) is 1. The molecular weight excluding hydrogens is 470 g/mol. The molecule has 0 aromatic heterocycles. The third-order valence-electron chi connectivity index (χ3n) is 4.77. The standard InChI is InChI=1S/C22H22ClN3O6S/c1-13(2)19(22(29)30)26-20(28)18(24-17(27)12-32-16-6-4-3-5-7-16)21(26)33(31)25-15-10-8-14(23)9-11-15/h3-11,18-19,21,25H,1,12H2,2H3,(H,24,27)(H,29,30). The number of carbonyl (C=O) groups is 3. The first-order chi connectivity index (χ1) is 15.7. The number of ether oxygens (including phenoxy) is 1. The van der Waals surface area contributed by atoms with Gasteiger partial charge >= 0.3 is 5.97 Å². The van der Waals surface area contributed by atoms with Crippen LogP contribution in [-0.4, -0.2) is 56.1 Å². The van der Waals surface area contributed by atoms with Crippen molar-refractivity contribution in [2.24, 2.45) is 0 Å². The van der Waals surface area contributed by atoms with Crippen molar-refractivity contribution in [2.45, 2.75) is 24.4 Å². The van der Waals surface area contributed by atoms with Crippen molar-refractivity contribution < 1.29 is 28.4 Å². The fraction of sp³-hybridized carbons (Fsp3) is 0.227. The number of halogens is 1. The maximum atomic E-state index is 13.1. The van der Waals surface area contributed by atoms with E-state index in [0.717, 1.165) is 4.90 Å². The normalized spacial score (nSPS) is 19.1. The average Bonchev–Trinajstić information content (AvgIpc) is 2.78. The number of hydrogen-bond donors (Lipinski definition) is 3. The molecule has 2 aromatic carbocycles. The van der Waals surface area contributed by atoms with Gasteiger partial charge < -0.3 is 24.8 Å². The summed E-state index contributed by atoms with van der Waals surface area (Å²) in [4.78, 5) is 37.9. The van der Waals surface area contributed by atoms with Gasteiger partial charge in [0.15, 0.2) is 18.0 Å². The first-order valence-electron chi connectivity index (χ1n) is 9.79. The second-order valence-electron chi connectivity index (χ2n) is 7.28. The van der Waals surface area contributed by atoms with Gasteiger partial charge in [-0.05, 0) is 48.9 Å². The molecule has 0 aliphatic carbocycles. The van der Waals surface area contributed by atoms with Crippen LogP contribution in [0.25, 0.3) is 0 Å². The number of hydrogen-bond acceptors (Lipinski definition) is 5. The summed E-state index contributed by atoms with van der Waals surface area (Å²) in [5.41, 5.74) is 0.623. The van der Waals surface area contributed by atoms with Gasteiger partial charge in [0.2, 0.25) is 0 Å². The number of benzene rings is 2. The minimum Gasteiger partial charge on any atom is -0.484 e. The topological polar surface area (TPSA) is 125 Å². The van der Waals surface area contributed by atoms with E-state index in [1.165, 1.54) is 6.92 Å². The Balaban J connectivity index is 1.77. The Morgan fingerprint density at radius 1 is 1.21 bits per heavy atom. The van der Waals surface area contributed by atoms with Gasteiger partial charge in [-0.15, -0.1) is 0 Å². The smallest absolute Gasteiger partial charge is 0.330 e. The molecule has 11 heteroatoms. The molecule has 174 valence electrons. The second-order valence-corrected chi connectivity index (χ2v) is 8.99. The van der Waals surface area contributed by atoms with Gasteiger partial charge in [0.05, 0.1) is 0 Å². The number of β-lactam (4-membered cyclic amide) rings is 1. The first-order valence-corrected chi connectivity index (χ1v) is 11.4. The zero-order valence-corrected chi connectivity index (χ0v) is 19.1. The second kappa shape index (κ2) is 10.5. The summed E-state index contributed by atoms with van der Waals surface area (Å²) in [5, 5.41) is 11.4. The SMILES string of the molecule is C=C(C)C(C(=O)O)N1C(=O)C(NC(=O)COc2ccccc2)C1S(=O)Nc1ccc(Cl)cc1. The Bertz CT molecular complexity index is 1070. The van der Waals surface area contributed by atoms with Crippen molar-refractivity contribution in [3.63, 3.8) is 0 Å². The highest BCUT2D eigenvalue weighted by atomic mass is 35.5. The fourth-order valence-electron chi connectivity index (χ4n) is 3.26. The number of carboxylic acids is 1. The van der Waals surface area contributed by atoms with Crippen LogP contribution in [0.3, 0.4) is 0 Å². The summed E-state index contributed by atoms with van der Waals surface area (Å²) in [6.07, 6.45) is 0. The Morgan fingerprint density at radius 2 is 1.85 bits per heavy atom. The van der Waals surface area contributed by atoms with Crippen molar-refractivity contribution in [3.8, 4) is 5.75 Å². The van der Waals surface area contributed by atoms with Crippen LogP contribution in [0.15, 0.2) is 66.7 Å². The van der Waals surface area contributed by atoms with E-state index < -0.39 is 46.2 Å². The molecule has 2 aromatic rings. The zero-order valence-electron chi connectivity index (χ0n) is 17.6. The lowest BCUT2D eigenvalue weighted by Crippen LogP contribution is -2.76. The molecule has 3 N–H and O–H groups in total. The maximum absolute atomic E-state index is 13.1. The Morgan fingerprint density at radius 3 is 2.42 bits per heavy atom. The molecule has 0 radical (unpaired) electrons. The van der Waals surface area contributed by atoms with Gasteiger partial charge in [0.25, 0.3) is 11.8 Å². The number of likely N-dealkylation sites (tertiary alicyclic amines) is 1. The summed E-state index contributed by atoms with van der Waals surface area (Å²) in [6.45, 7) is 4.72. The van der Waals surface area contributed by atoms with E-state index >= 15 is 0 Å². The number of aliphatic carboxylic acids is 1. The summed E-state index contributed by atoms with van der Waals surface area (Å²) >= 11 is 5.87. The van der Waals surface area contributed by atoms with Gasteiger partial charge in [-0.2, -0.15) is 0 Å². The molecule has 1 aliphatic heterocycles. The molecule has 1 heterocycles. The highest BCUT2D eigenvalue weighted by Gasteiger charge is 2.56. The van der Waals surface area contributed by atoms with E-state index in [1.54, 1.807) is 54.6 Å².